The Balaban J connectivity index is 1.38. The fourth-order valence-electron chi connectivity index (χ4n) is 3.87. The molecule has 0 bridgehead atoms. The molecule has 0 unspecified atom stereocenters. The van der Waals surface area contributed by atoms with Crippen molar-refractivity contribution in [3.8, 4) is 22.9 Å². The van der Waals surface area contributed by atoms with Gasteiger partial charge in [-0.3, -0.25) is 9.69 Å². The molecule has 1 amide bonds. The highest BCUT2D eigenvalue weighted by molar-refractivity contribution is 6.01. The van der Waals surface area contributed by atoms with Gasteiger partial charge in [0.05, 0.1) is 11.6 Å². The lowest BCUT2D eigenvalue weighted by molar-refractivity contribution is 0.0621. The summed E-state index contributed by atoms with van der Waals surface area (Å²) in [4.78, 5) is 17.5. The van der Waals surface area contributed by atoms with Crippen molar-refractivity contribution < 1.29 is 9.53 Å². The molecular weight excluding hydrogens is 386 g/mol. The van der Waals surface area contributed by atoms with Crippen LogP contribution < -0.4 is 4.74 Å². The van der Waals surface area contributed by atoms with Gasteiger partial charge in [-0.15, -0.1) is 0 Å². The molecule has 3 aromatic carbocycles. The summed E-state index contributed by atoms with van der Waals surface area (Å²) in [6.07, 6.45) is 0. The molecule has 4 rings (SSSR count). The molecule has 31 heavy (non-hydrogen) atoms. The van der Waals surface area contributed by atoms with Crippen LogP contribution in [0.3, 0.4) is 0 Å². The standard InChI is InChI=1S/C26H25N3O2/c27-20-21-8-4-5-11-23(21)24-12-6-7-13-25(24)26(30)29-16-14-28(15-17-29)18-19-31-22-9-2-1-3-10-22/h1-13H,14-19H2. The predicted octanol–water partition coefficient (Wildman–Crippen LogP) is 4.06. The maximum atomic E-state index is 13.3. The number of carbonyl (C=O) groups is 1. The van der Waals surface area contributed by atoms with Gasteiger partial charge in [-0.05, 0) is 29.8 Å². The van der Waals surface area contributed by atoms with Gasteiger partial charge in [0.25, 0.3) is 5.91 Å². The summed E-state index contributed by atoms with van der Waals surface area (Å²) in [5.41, 5.74) is 2.83. The number of para-hydroxylation sites is 1. The van der Waals surface area contributed by atoms with Crippen LogP contribution in [-0.2, 0) is 0 Å². The minimum absolute atomic E-state index is 0.0172. The SMILES string of the molecule is N#Cc1ccccc1-c1ccccc1C(=O)N1CCN(CCOc2ccccc2)CC1. The van der Waals surface area contributed by atoms with Gasteiger partial charge in [0, 0.05) is 43.9 Å². The van der Waals surface area contributed by atoms with Crippen molar-refractivity contribution in [1.82, 2.24) is 9.80 Å². The summed E-state index contributed by atoms with van der Waals surface area (Å²) < 4.78 is 5.79. The van der Waals surface area contributed by atoms with E-state index in [1.54, 1.807) is 6.07 Å². The van der Waals surface area contributed by atoms with Crippen LogP contribution in [0.25, 0.3) is 11.1 Å². The molecule has 3 aromatic rings. The fourth-order valence-corrected chi connectivity index (χ4v) is 3.87. The Morgan fingerprint density at radius 2 is 1.48 bits per heavy atom. The van der Waals surface area contributed by atoms with E-state index in [1.807, 2.05) is 77.7 Å². The Labute approximate surface area is 183 Å². The smallest absolute Gasteiger partial charge is 0.254 e. The lowest BCUT2D eigenvalue weighted by atomic mass is 9.95. The maximum Gasteiger partial charge on any atom is 0.254 e. The second kappa shape index (κ2) is 9.92. The highest BCUT2D eigenvalue weighted by Gasteiger charge is 2.24. The van der Waals surface area contributed by atoms with Crippen LogP contribution in [0, 0.1) is 11.3 Å². The number of amides is 1. The molecule has 1 heterocycles. The van der Waals surface area contributed by atoms with Crippen LogP contribution in [0.4, 0.5) is 0 Å². The first kappa shape index (κ1) is 20.6. The van der Waals surface area contributed by atoms with E-state index >= 15 is 0 Å². The molecule has 0 saturated carbocycles. The first-order valence-electron chi connectivity index (χ1n) is 10.5. The van der Waals surface area contributed by atoms with Gasteiger partial charge in [-0.25, -0.2) is 0 Å². The molecule has 0 aromatic heterocycles. The first-order valence-corrected chi connectivity index (χ1v) is 10.5. The highest BCUT2D eigenvalue weighted by Crippen LogP contribution is 2.28. The van der Waals surface area contributed by atoms with Gasteiger partial charge in [0.2, 0.25) is 0 Å². The number of nitriles is 1. The molecule has 0 aliphatic carbocycles. The van der Waals surface area contributed by atoms with Gasteiger partial charge >= 0.3 is 0 Å². The number of hydrogen-bond acceptors (Lipinski definition) is 4. The monoisotopic (exact) mass is 411 g/mol. The second-order valence-electron chi connectivity index (χ2n) is 7.50. The van der Waals surface area contributed by atoms with Crippen molar-refractivity contribution in [3.63, 3.8) is 0 Å². The van der Waals surface area contributed by atoms with Crippen molar-refractivity contribution >= 4 is 5.91 Å². The van der Waals surface area contributed by atoms with Crippen molar-refractivity contribution in [2.75, 3.05) is 39.3 Å². The number of rotatable bonds is 6. The summed E-state index contributed by atoms with van der Waals surface area (Å²) in [5.74, 6) is 0.897. The molecule has 156 valence electrons. The zero-order valence-electron chi connectivity index (χ0n) is 17.4. The molecule has 0 atom stereocenters. The summed E-state index contributed by atoms with van der Waals surface area (Å²) >= 11 is 0. The van der Waals surface area contributed by atoms with Gasteiger partial charge in [-0.2, -0.15) is 5.26 Å². The van der Waals surface area contributed by atoms with Crippen LogP contribution in [0.5, 0.6) is 5.75 Å². The second-order valence-corrected chi connectivity index (χ2v) is 7.50. The highest BCUT2D eigenvalue weighted by atomic mass is 16.5. The summed E-state index contributed by atoms with van der Waals surface area (Å²) in [5, 5.41) is 9.47. The fraction of sp³-hybridized carbons (Fsp3) is 0.231. The van der Waals surface area contributed by atoms with Crippen molar-refractivity contribution in [1.29, 1.82) is 5.26 Å². The lowest BCUT2D eigenvalue weighted by Gasteiger charge is -2.35. The Kier molecular flexibility index (Phi) is 6.61. The molecule has 1 fully saturated rings. The average molecular weight is 412 g/mol. The van der Waals surface area contributed by atoms with Gasteiger partial charge in [-0.1, -0.05) is 54.6 Å². The van der Waals surface area contributed by atoms with Crippen LogP contribution in [0.2, 0.25) is 0 Å². The molecule has 0 N–H and O–H groups in total. The number of carbonyl (C=O) groups excluding carboxylic acids is 1. The van der Waals surface area contributed by atoms with Crippen molar-refractivity contribution in [3.05, 3.63) is 90.0 Å². The van der Waals surface area contributed by atoms with Crippen molar-refractivity contribution in [2.45, 2.75) is 0 Å². The zero-order valence-corrected chi connectivity index (χ0v) is 17.4. The van der Waals surface area contributed by atoms with Gasteiger partial charge in [0.15, 0.2) is 0 Å². The quantitative estimate of drug-likeness (QED) is 0.614. The third-order valence-corrected chi connectivity index (χ3v) is 5.57. The lowest BCUT2D eigenvalue weighted by Crippen LogP contribution is -2.49. The molecule has 5 heteroatoms. The van der Waals surface area contributed by atoms with Crippen LogP contribution in [-0.4, -0.2) is 55.0 Å². The maximum absolute atomic E-state index is 13.3. The normalized spacial score (nSPS) is 14.1. The molecule has 1 saturated heterocycles. The molecular formula is C26H25N3O2. The average Bonchev–Trinajstić information content (AvgIpc) is 2.85. The molecule has 1 aliphatic heterocycles. The number of hydrogen-bond donors (Lipinski definition) is 0. The predicted molar refractivity (Wildman–Crippen MR) is 121 cm³/mol. The summed E-state index contributed by atoms with van der Waals surface area (Å²) in [6.45, 7) is 4.47. The Hall–Kier alpha value is -3.62. The van der Waals surface area contributed by atoms with E-state index in [9.17, 15) is 10.1 Å². The molecule has 5 nitrogen and oxygen atoms in total. The third kappa shape index (κ3) is 4.93. The number of piperazine rings is 1. The van der Waals surface area contributed by atoms with E-state index in [1.165, 1.54) is 0 Å². The first-order chi connectivity index (χ1) is 15.3. The Bertz CT molecular complexity index is 1070. The number of ether oxygens (including phenoxy) is 1. The minimum Gasteiger partial charge on any atom is -0.492 e. The number of benzene rings is 3. The van der Waals surface area contributed by atoms with Crippen LogP contribution in [0.15, 0.2) is 78.9 Å². The van der Waals surface area contributed by atoms with Gasteiger partial charge < -0.3 is 9.64 Å². The summed E-state index contributed by atoms with van der Waals surface area (Å²) in [7, 11) is 0. The molecule has 1 aliphatic rings. The Morgan fingerprint density at radius 3 is 2.23 bits per heavy atom. The minimum atomic E-state index is 0.0172. The molecule has 0 spiro atoms. The molecule has 0 radical (unpaired) electrons. The number of nitrogens with zero attached hydrogens (tertiary/aromatic N) is 3. The topological polar surface area (TPSA) is 56.6 Å². The summed E-state index contributed by atoms with van der Waals surface area (Å²) in [6, 6.07) is 27.0. The van der Waals surface area contributed by atoms with E-state index in [0.717, 1.165) is 36.5 Å². The zero-order chi connectivity index (χ0) is 21.5. The van der Waals surface area contributed by atoms with Crippen molar-refractivity contribution in [2.24, 2.45) is 0 Å². The van der Waals surface area contributed by atoms with E-state index in [2.05, 4.69) is 11.0 Å². The van der Waals surface area contributed by atoms with Gasteiger partial charge in [0.1, 0.15) is 12.4 Å². The van der Waals surface area contributed by atoms with Crippen LogP contribution >= 0.6 is 0 Å². The van der Waals surface area contributed by atoms with Crippen LogP contribution in [0.1, 0.15) is 15.9 Å². The van der Waals surface area contributed by atoms with E-state index in [0.29, 0.717) is 30.8 Å². The van der Waals surface area contributed by atoms with E-state index < -0.39 is 0 Å². The van der Waals surface area contributed by atoms with E-state index in [4.69, 9.17) is 4.74 Å². The Morgan fingerprint density at radius 1 is 0.839 bits per heavy atom. The van der Waals surface area contributed by atoms with E-state index in [-0.39, 0.29) is 5.91 Å². The largest absolute Gasteiger partial charge is 0.492 e. The third-order valence-electron chi connectivity index (χ3n) is 5.57.